The van der Waals surface area contributed by atoms with E-state index in [1.165, 1.54) is 0 Å². The Morgan fingerprint density at radius 2 is 1.70 bits per heavy atom. The van der Waals surface area contributed by atoms with Gasteiger partial charge in [-0.1, -0.05) is 35.9 Å². The zero-order valence-corrected chi connectivity index (χ0v) is 25.8. The number of carbonyl (C=O) groups excluding carboxylic acids is 2. The number of hydrogen-bond acceptors (Lipinski definition) is 6. The number of nitrogens with zero attached hydrogens (tertiary/aromatic N) is 2. The molecule has 2 atom stereocenters. The first-order chi connectivity index (χ1) is 20.5. The van der Waals surface area contributed by atoms with Gasteiger partial charge < -0.3 is 29.5 Å². The second-order valence-electron chi connectivity index (χ2n) is 11.8. The number of anilines is 1. The van der Waals surface area contributed by atoms with Gasteiger partial charge in [0.15, 0.2) is 11.5 Å². The number of aliphatic hydroxyl groups excluding tert-OH is 1. The molecule has 3 aromatic carbocycles. The Balaban J connectivity index is 1.50. The fraction of sp³-hybridized carbons (Fsp3) is 0.412. The second kappa shape index (κ2) is 12.6. The first kappa shape index (κ1) is 30.9. The molecular formula is C34H39ClN2O6. The van der Waals surface area contributed by atoms with Crippen molar-refractivity contribution in [3.05, 3.63) is 87.9 Å². The number of benzene rings is 3. The van der Waals surface area contributed by atoms with E-state index in [4.69, 9.17) is 21.1 Å². The van der Waals surface area contributed by atoms with Gasteiger partial charge in [-0.05, 0) is 98.2 Å². The first-order valence-electron chi connectivity index (χ1n) is 14.7. The highest BCUT2D eigenvalue weighted by Gasteiger charge is 2.39. The fourth-order valence-corrected chi connectivity index (χ4v) is 6.44. The molecule has 2 aliphatic heterocycles. The summed E-state index contributed by atoms with van der Waals surface area (Å²) in [7, 11) is 1.59. The van der Waals surface area contributed by atoms with Crippen LogP contribution in [0.1, 0.15) is 61.9 Å². The molecule has 0 radical (unpaired) electrons. The Bertz CT molecular complexity index is 1460. The lowest BCUT2D eigenvalue weighted by atomic mass is 9.77. The van der Waals surface area contributed by atoms with Crippen LogP contribution in [-0.4, -0.2) is 59.8 Å². The largest absolute Gasteiger partial charge is 0.493 e. The number of carbonyl (C=O) groups is 2. The summed E-state index contributed by atoms with van der Waals surface area (Å²) >= 11 is 6.24. The zero-order chi connectivity index (χ0) is 30.9. The summed E-state index contributed by atoms with van der Waals surface area (Å²) in [5.74, 6) is 0.796. The molecule has 2 aliphatic rings. The highest BCUT2D eigenvalue weighted by atomic mass is 35.5. The van der Waals surface area contributed by atoms with E-state index in [1.54, 1.807) is 23.8 Å². The van der Waals surface area contributed by atoms with Crippen molar-refractivity contribution >= 4 is 29.1 Å². The molecule has 43 heavy (non-hydrogen) atoms. The maximum Gasteiger partial charge on any atom is 0.248 e. The molecule has 0 unspecified atom stereocenters. The van der Waals surface area contributed by atoms with Crippen molar-refractivity contribution in [1.29, 1.82) is 0 Å². The van der Waals surface area contributed by atoms with Crippen molar-refractivity contribution in [3.63, 3.8) is 0 Å². The van der Waals surface area contributed by atoms with Crippen LogP contribution in [0.15, 0.2) is 60.7 Å². The molecule has 0 aromatic heterocycles. The lowest BCUT2D eigenvalue weighted by molar-refractivity contribution is -0.137. The van der Waals surface area contributed by atoms with E-state index in [0.29, 0.717) is 48.1 Å². The van der Waals surface area contributed by atoms with Gasteiger partial charge in [0.25, 0.3) is 0 Å². The molecule has 8 nitrogen and oxygen atoms in total. The standard InChI is InChI=1S/C34H39ClN2O6/c1-21(2)43-30-19-28-23(17-29(30)42-4)18-31(39)37(33(28)22-5-9-26(35)10-6-22)27-11-7-24(8-12-27)34(3,41)25-13-15-36(16-14-25)32(40)20-38/h5-12,17,19,21,25,33,38,41H,13-16,18,20H2,1-4H3/t33-,34-/m0/s1. The van der Waals surface area contributed by atoms with Crippen molar-refractivity contribution in [3.8, 4) is 11.5 Å². The van der Waals surface area contributed by atoms with Crippen LogP contribution in [0, 0.1) is 5.92 Å². The minimum atomic E-state index is -1.12. The van der Waals surface area contributed by atoms with E-state index in [-0.39, 0.29) is 30.3 Å². The quantitative estimate of drug-likeness (QED) is 0.363. The summed E-state index contributed by atoms with van der Waals surface area (Å²) in [6.07, 6.45) is 1.39. The van der Waals surface area contributed by atoms with Crippen LogP contribution in [-0.2, 0) is 21.6 Å². The van der Waals surface area contributed by atoms with Crippen molar-refractivity contribution in [2.45, 2.75) is 57.8 Å². The number of hydrogen-bond donors (Lipinski definition) is 2. The predicted molar refractivity (Wildman–Crippen MR) is 166 cm³/mol. The lowest BCUT2D eigenvalue weighted by Gasteiger charge is -2.40. The van der Waals surface area contributed by atoms with E-state index in [2.05, 4.69) is 0 Å². The minimum Gasteiger partial charge on any atom is -0.493 e. The topological polar surface area (TPSA) is 99.5 Å². The smallest absolute Gasteiger partial charge is 0.248 e. The fourth-order valence-electron chi connectivity index (χ4n) is 6.32. The highest BCUT2D eigenvalue weighted by molar-refractivity contribution is 6.30. The summed E-state index contributed by atoms with van der Waals surface area (Å²) < 4.78 is 11.7. The number of aliphatic hydroxyl groups is 2. The average Bonchev–Trinajstić information content (AvgIpc) is 3.00. The predicted octanol–water partition coefficient (Wildman–Crippen LogP) is 5.25. The number of piperidine rings is 1. The summed E-state index contributed by atoms with van der Waals surface area (Å²) in [6, 6.07) is 18.5. The number of likely N-dealkylation sites (tertiary alicyclic amines) is 1. The summed E-state index contributed by atoms with van der Waals surface area (Å²) in [5, 5.41) is 21.4. The van der Waals surface area contributed by atoms with E-state index < -0.39 is 18.2 Å². The molecule has 2 N–H and O–H groups in total. The minimum absolute atomic E-state index is 0.0548. The van der Waals surface area contributed by atoms with Gasteiger partial charge in [0.05, 0.1) is 31.3 Å². The van der Waals surface area contributed by atoms with Gasteiger partial charge in [0.1, 0.15) is 6.61 Å². The van der Waals surface area contributed by atoms with Crippen LogP contribution in [0.3, 0.4) is 0 Å². The molecule has 1 fully saturated rings. The molecule has 3 aromatic rings. The number of halogens is 1. The second-order valence-corrected chi connectivity index (χ2v) is 12.2. The van der Waals surface area contributed by atoms with Crippen molar-refractivity contribution < 1.29 is 29.3 Å². The van der Waals surface area contributed by atoms with Crippen molar-refractivity contribution in [2.75, 3.05) is 31.7 Å². The molecule has 2 amide bonds. The third kappa shape index (κ3) is 6.23. The van der Waals surface area contributed by atoms with Gasteiger partial charge in [-0.3, -0.25) is 9.59 Å². The Labute approximate surface area is 257 Å². The average molecular weight is 607 g/mol. The molecule has 0 bridgehead atoms. The molecular weight excluding hydrogens is 568 g/mol. The third-order valence-electron chi connectivity index (χ3n) is 8.64. The molecule has 0 saturated carbocycles. The van der Waals surface area contributed by atoms with Crippen LogP contribution in [0.5, 0.6) is 11.5 Å². The Hall–Kier alpha value is -3.59. The van der Waals surface area contributed by atoms with Crippen LogP contribution in [0.25, 0.3) is 0 Å². The SMILES string of the molecule is COc1cc2c(cc1OC(C)C)[C@H](c1ccc(Cl)cc1)N(c1ccc([C@](C)(O)C3CCN(C(=O)CO)CC3)cc1)C(=O)C2. The van der Waals surface area contributed by atoms with Gasteiger partial charge in [0, 0.05) is 23.8 Å². The molecule has 1 saturated heterocycles. The molecule has 0 aliphatic carbocycles. The number of amides is 2. The van der Waals surface area contributed by atoms with E-state index in [9.17, 15) is 19.8 Å². The van der Waals surface area contributed by atoms with Crippen LogP contribution >= 0.6 is 11.6 Å². The van der Waals surface area contributed by atoms with E-state index in [0.717, 1.165) is 22.3 Å². The van der Waals surface area contributed by atoms with Gasteiger partial charge in [-0.15, -0.1) is 0 Å². The molecule has 0 spiro atoms. The normalized spacial score (nSPS) is 18.8. The van der Waals surface area contributed by atoms with Gasteiger partial charge in [0.2, 0.25) is 11.8 Å². The molecule has 9 heteroatoms. The van der Waals surface area contributed by atoms with Crippen molar-refractivity contribution in [2.24, 2.45) is 5.92 Å². The number of methoxy groups -OCH3 is 1. The summed E-state index contributed by atoms with van der Waals surface area (Å²) in [5.41, 5.74) is 3.05. The Kier molecular flexibility index (Phi) is 9.02. The first-order valence-corrected chi connectivity index (χ1v) is 15.1. The monoisotopic (exact) mass is 606 g/mol. The number of rotatable bonds is 8. The van der Waals surface area contributed by atoms with Gasteiger partial charge >= 0.3 is 0 Å². The van der Waals surface area contributed by atoms with Crippen molar-refractivity contribution in [1.82, 2.24) is 4.90 Å². The van der Waals surface area contributed by atoms with Gasteiger partial charge in [-0.2, -0.15) is 0 Å². The van der Waals surface area contributed by atoms with E-state index in [1.807, 2.05) is 74.5 Å². The maximum atomic E-state index is 13.8. The Morgan fingerprint density at radius 1 is 1.05 bits per heavy atom. The van der Waals surface area contributed by atoms with Crippen LogP contribution < -0.4 is 14.4 Å². The molecule has 2 heterocycles. The van der Waals surface area contributed by atoms with Crippen LogP contribution in [0.2, 0.25) is 5.02 Å². The van der Waals surface area contributed by atoms with Gasteiger partial charge in [-0.25, -0.2) is 0 Å². The third-order valence-corrected chi connectivity index (χ3v) is 8.90. The van der Waals surface area contributed by atoms with E-state index >= 15 is 0 Å². The highest BCUT2D eigenvalue weighted by Crippen LogP contribution is 2.44. The summed E-state index contributed by atoms with van der Waals surface area (Å²) in [4.78, 5) is 29.2. The number of fused-ring (bicyclic) bond motifs is 1. The molecule has 5 rings (SSSR count). The molecule has 228 valence electrons. The van der Waals surface area contributed by atoms with Crippen LogP contribution in [0.4, 0.5) is 5.69 Å². The zero-order valence-electron chi connectivity index (χ0n) is 25.0. The summed E-state index contributed by atoms with van der Waals surface area (Å²) in [6.45, 7) is 6.21. The maximum absolute atomic E-state index is 13.8. The lowest BCUT2D eigenvalue weighted by Crippen LogP contribution is -2.45. The Morgan fingerprint density at radius 3 is 2.28 bits per heavy atom. The number of ether oxygens (including phenoxy) is 2.